The van der Waals surface area contributed by atoms with Gasteiger partial charge in [-0.05, 0) is 41.3 Å². The van der Waals surface area contributed by atoms with Gasteiger partial charge in [-0.1, -0.05) is 30.3 Å². The van der Waals surface area contributed by atoms with Crippen molar-refractivity contribution in [3.8, 4) is 0 Å². The molecule has 0 spiro atoms. The molecule has 2 N–H and O–H groups in total. The minimum atomic E-state index is 0.621. The van der Waals surface area contributed by atoms with E-state index in [2.05, 4.69) is 44.2 Å². The molecule has 14 heavy (non-hydrogen) atoms. The van der Waals surface area contributed by atoms with Crippen molar-refractivity contribution in [3.63, 3.8) is 0 Å². The fraction of sp³-hybridized carbons (Fsp3) is 0.231. The van der Waals surface area contributed by atoms with Gasteiger partial charge in [0.2, 0.25) is 0 Å². The Labute approximate surface area is 84.5 Å². The molecule has 2 aromatic rings. The van der Waals surface area contributed by atoms with Gasteiger partial charge in [-0.25, -0.2) is 0 Å². The molecule has 0 radical (unpaired) electrons. The van der Waals surface area contributed by atoms with Crippen LogP contribution in [0.15, 0.2) is 30.3 Å². The maximum absolute atomic E-state index is 5.68. The van der Waals surface area contributed by atoms with E-state index in [9.17, 15) is 0 Å². The average Bonchev–Trinajstić information content (AvgIpc) is 2.20. The van der Waals surface area contributed by atoms with Crippen LogP contribution in [0, 0.1) is 13.8 Å². The largest absolute Gasteiger partial charge is 0.326 e. The van der Waals surface area contributed by atoms with Gasteiger partial charge in [0.1, 0.15) is 0 Å². The van der Waals surface area contributed by atoms with E-state index in [1.165, 1.54) is 27.5 Å². The number of aryl methyl sites for hydroxylation is 2. The Balaban J connectivity index is 2.84. The van der Waals surface area contributed by atoms with E-state index < -0.39 is 0 Å². The topological polar surface area (TPSA) is 26.0 Å². The highest BCUT2D eigenvalue weighted by Crippen LogP contribution is 2.24. The molecular formula is C13H15N. The van der Waals surface area contributed by atoms with E-state index in [4.69, 9.17) is 5.73 Å². The van der Waals surface area contributed by atoms with E-state index in [0.717, 1.165) is 0 Å². The lowest BCUT2D eigenvalue weighted by atomic mass is 9.97. The van der Waals surface area contributed by atoms with Crippen molar-refractivity contribution < 1.29 is 0 Å². The monoisotopic (exact) mass is 185 g/mol. The predicted octanol–water partition coefficient (Wildman–Crippen LogP) is 2.92. The Morgan fingerprint density at radius 1 is 1.00 bits per heavy atom. The molecular weight excluding hydrogens is 170 g/mol. The minimum Gasteiger partial charge on any atom is -0.326 e. The van der Waals surface area contributed by atoms with Gasteiger partial charge in [0.05, 0.1) is 0 Å². The fourth-order valence-corrected chi connectivity index (χ4v) is 1.93. The second-order valence-electron chi connectivity index (χ2n) is 3.72. The van der Waals surface area contributed by atoms with Crippen LogP contribution in [-0.4, -0.2) is 0 Å². The number of fused-ring (bicyclic) bond motifs is 1. The molecule has 2 rings (SSSR count). The predicted molar refractivity (Wildman–Crippen MR) is 61.3 cm³/mol. The molecule has 0 saturated heterocycles. The average molecular weight is 185 g/mol. The molecule has 0 aliphatic heterocycles. The number of nitrogens with two attached hydrogens (primary N) is 1. The summed E-state index contributed by atoms with van der Waals surface area (Å²) in [5.74, 6) is 0. The van der Waals surface area contributed by atoms with Crippen molar-refractivity contribution in [2.75, 3.05) is 0 Å². The van der Waals surface area contributed by atoms with Crippen molar-refractivity contribution >= 4 is 10.8 Å². The van der Waals surface area contributed by atoms with E-state index in [1.54, 1.807) is 0 Å². The van der Waals surface area contributed by atoms with E-state index in [1.807, 2.05) is 0 Å². The van der Waals surface area contributed by atoms with E-state index >= 15 is 0 Å². The number of hydrogen-bond acceptors (Lipinski definition) is 1. The third-order valence-electron chi connectivity index (χ3n) is 2.88. The standard InChI is InChI=1S/C13H15N/c1-9-4-3-5-13-10(2)11(8-14)6-7-12(9)13/h3-7H,8,14H2,1-2H3. The third kappa shape index (κ3) is 1.30. The van der Waals surface area contributed by atoms with Gasteiger partial charge in [0.25, 0.3) is 0 Å². The summed E-state index contributed by atoms with van der Waals surface area (Å²) in [4.78, 5) is 0. The highest BCUT2D eigenvalue weighted by molar-refractivity contribution is 5.89. The molecule has 0 aliphatic rings. The highest BCUT2D eigenvalue weighted by atomic mass is 14.5. The van der Waals surface area contributed by atoms with Gasteiger partial charge >= 0.3 is 0 Å². The van der Waals surface area contributed by atoms with Crippen LogP contribution in [0.25, 0.3) is 10.8 Å². The first-order chi connectivity index (χ1) is 6.74. The molecule has 0 fully saturated rings. The molecule has 0 unspecified atom stereocenters. The maximum Gasteiger partial charge on any atom is 0.0180 e. The van der Waals surface area contributed by atoms with Gasteiger partial charge < -0.3 is 5.73 Å². The maximum atomic E-state index is 5.68. The molecule has 0 aromatic heterocycles. The van der Waals surface area contributed by atoms with Crippen LogP contribution in [0.4, 0.5) is 0 Å². The SMILES string of the molecule is Cc1cccc2c(C)c(CN)ccc12. The lowest BCUT2D eigenvalue weighted by Crippen LogP contribution is -1.99. The van der Waals surface area contributed by atoms with Crippen molar-refractivity contribution in [1.82, 2.24) is 0 Å². The van der Waals surface area contributed by atoms with Gasteiger partial charge in [0.15, 0.2) is 0 Å². The van der Waals surface area contributed by atoms with E-state index in [0.29, 0.717) is 6.54 Å². The Morgan fingerprint density at radius 2 is 1.79 bits per heavy atom. The third-order valence-corrected chi connectivity index (χ3v) is 2.88. The molecule has 1 heteroatoms. The second-order valence-corrected chi connectivity index (χ2v) is 3.72. The summed E-state index contributed by atoms with van der Waals surface area (Å²) in [5.41, 5.74) is 9.56. The van der Waals surface area contributed by atoms with Crippen molar-refractivity contribution in [2.24, 2.45) is 5.73 Å². The Morgan fingerprint density at radius 3 is 2.50 bits per heavy atom. The van der Waals surface area contributed by atoms with Crippen LogP contribution < -0.4 is 5.73 Å². The number of benzene rings is 2. The Kier molecular flexibility index (Phi) is 2.26. The summed E-state index contributed by atoms with van der Waals surface area (Å²) in [7, 11) is 0. The van der Waals surface area contributed by atoms with Crippen LogP contribution in [-0.2, 0) is 6.54 Å². The van der Waals surface area contributed by atoms with Gasteiger partial charge in [-0.2, -0.15) is 0 Å². The molecule has 1 nitrogen and oxygen atoms in total. The van der Waals surface area contributed by atoms with Gasteiger partial charge in [-0.15, -0.1) is 0 Å². The summed E-state index contributed by atoms with van der Waals surface area (Å²) in [6, 6.07) is 10.7. The van der Waals surface area contributed by atoms with Gasteiger partial charge in [0, 0.05) is 6.54 Å². The zero-order valence-electron chi connectivity index (χ0n) is 8.67. The smallest absolute Gasteiger partial charge is 0.0180 e. The molecule has 0 amide bonds. The molecule has 0 bridgehead atoms. The first-order valence-corrected chi connectivity index (χ1v) is 4.92. The summed E-state index contributed by atoms with van der Waals surface area (Å²) >= 11 is 0. The van der Waals surface area contributed by atoms with E-state index in [-0.39, 0.29) is 0 Å². The highest BCUT2D eigenvalue weighted by Gasteiger charge is 2.02. The Hall–Kier alpha value is -1.34. The zero-order valence-corrected chi connectivity index (χ0v) is 8.67. The van der Waals surface area contributed by atoms with Crippen LogP contribution in [0.2, 0.25) is 0 Å². The van der Waals surface area contributed by atoms with Crippen molar-refractivity contribution in [1.29, 1.82) is 0 Å². The van der Waals surface area contributed by atoms with Crippen LogP contribution >= 0.6 is 0 Å². The summed E-state index contributed by atoms with van der Waals surface area (Å²) in [6.45, 7) is 4.91. The Bertz CT molecular complexity index is 472. The first kappa shape index (κ1) is 9.22. The van der Waals surface area contributed by atoms with Crippen molar-refractivity contribution in [3.05, 3.63) is 47.0 Å². The first-order valence-electron chi connectivity index (χ1n) is 4.92. The normalized spacial score (nSPS) is 10.8. The summed E-state index contributed by atoms with van der Waals surface area (Å²) in [6.07, 6.45) is 0. The molecule has 0 heterocycles. The number of hydrogen-bond donors (Lipinski definition) is 1. The second kappa shape index (κ2) is 3.43. The van der Waals surface area contributed by atoms with Crippen LogP contribution in [0.1, 0.15) is 16.7 Å². The van der Waals surface area contributed by atoms with Crippen LogP contribution in [0.3, 0.4) is 0 Å². The summed E-state index contributed by atoms with van der Waals surface area (Å²) in [5, 5.41) is 2.66. The molecule has 72 valence electrons. The molecule has 0 saturated carbocycles. The number of rotatable bonds is 1. The molecule has 0 atom stereocenters. The molecule has 0 aliphatic carbocycles. The van der Waals surface area contributed by atoms with Gasteiger partial charge in [-0.3, -0.25) is 0 Å². The quantitative estimate of drug-likeness (QED) is 0.726. The lowest BCUT2D eigenvalue weighted by Gasteiger charge is -2.09. The van der Waals surface area contributed by atoms with Crippen molar-refractivity contribution in [2.45, 2.75) is 20.4 Å². The van der Waals surface area contributed by atoms with Crippen LogP contribution in [0.5, 0.6) is 0 Å². The summed E-state index contributed by atoms with van der Waals surface area (Å²) < 4.78 is 0. The zero-order chi connectivity index (χ0) is 10.1. The lowest BCUT2D eigenvalue weighted by molar-refractivity contribution is 1.06. The minimum absolute atomic E-state index is 0.621. The fourth-order valence-electron chi connectivity index (χ4n) is 1.93. The molecule has 2 aromatic carbocycles.